The molecule has 0 heterocycles. The van der Waals surface area contributed by atoms with Gasteiger partial charge in [0.05, 0.1) is 6.61 Å². The van der Waals surface area contributed by atoms with E-state index < -0.39 is 0 Å². The molecule has 0 N–H and O–H groups in total. The summed E-state index contributed by atoms with van der Waals surface area (Å²) >= 11 is 0. The van der Waals surface area contributed by atoms with Crippen molar-refractivity contribution in [1.29, 1.82) is 0 Å². The third-order valence-electron chi connectivity index (χ3n) is 0.440. The van der Waals surface area contributed by atoms with Gasteiger partial charge in [0.15, 0.2) is 9.76 Å². The van der Waals surface area contributed by atoms with Gasteiger partial charge in [-0.05, 0) is 6.92 Å². The van der Waals surface area contributed by atoms with Crippen molar-refractivity contribution in [3.8, 4) is 0 Å². The van der Waals surface area contributed by atoms with Crippen LogP contribution in [-0.4, -0.2) is 16.4 Å². The molecule has 0 bridgehead atoms. The van der Waals surface area contributed by atoms with E-state index in [4.69, 9.17) is 4.43 Å². The second kappa shape index (κ2) is 15.6. The van der Waals surface area contributed by atoms with Gasteiger partial charge in [0.2, 0.25) is 0 Å². The molecular weight excluding hydrogens is 128 g/mol. The molecular formula is C7H16OSi. The third kappa shape index (κ3) is 34.7. The van der Waals surface area contributed by atoms with Gasteiger partial charge in [-0.1, -0.05) is 18.7 Å². The van der Waals surface area contributed by atoms with E-state index in [0.29, 0.717) is 0 Å². The molecule has 0 aliphatic carbocycles. The lowest BCUT2D eigenvalue weighted by atomic mass is 10.7. The Bertz CT molecular complexity index is 61.9. The summed E-state index contributed by atoms with van der Waals surface area (Å²) in [6, 6.07) is 0. The lowest BCUT2D eigenvalue weighted by Crippen LogP contribution is -1.90. The topological polar surface area (TPSA) is 9.23 Å². The van der Waals surface area contributed by atoms with Crippen LogP contribution in [0.1, 0.15) is 6.92 Å². The summed E-state index contributed by atoms with van der Waals surface area (Å²) < 4.78 is 5.00. The quantitative estimate of drug-likeness (QED) is 0.331. The molecule has 0 amide bonds. The van der Waals surface area contributed by atoms with E-state index in [1.165, 1.54) is 0 Å². The largest absolute Gasteiger partial charge is 0.421 e. The first kappa shape index (κ1) is 11.5. The van der Waals surface area contributed by atoms with Crippen molar-refractivity contribution in [2.24, 2.45) is 0 Å². The van der Waals surface area contributed by atoms with Crippen LogP contribution in [0.4, 0.5) is 0 Å². The molecule has 0 spiro atoms. The molecule has 0 aromatic carbocycles. The van der Waals surface area contributed by atoms with Crippen molar-refractivity contribution in [3.63, 3.8) is 0 Å². The Kier molecular flexibility index (Phi) is 19.9. The van der Waals surface area contributed by atoms with Crippen LogP contribution < -0.4 is 0 Å². The average molecular weight is 144 g/mol. The number of allylic oxidation sites excluding steroid dienone is 1. The molecule has 0 saturated carbocycles. The summed E-state index contributed by atoms with van der Waals surface area (Å²) in [6.45, 7) is 11.6. The van der Waals surface area contributed by atoms with Gasteiger partial charge in [0, 0.05) is 0 Å². The molecule has 2 heteroatoms. The van der Waals surface area contributed by atoms with E-state index in [1.54, 1.807) is 12.2 Å². The predicted octanol–water partition coefficient (Wildman–Crippen LogP) is 1.51. The highest BCUT2D eigenvalue weighted by Gasteiger charge is 1.69. The lowest BCUT2D eigenvalue weighted by Gasteiger charge is -1.88. The Morgan fingerprint density at radius 2 is 2.00 bits per heavy atom. The SMILES string of the molecule is C=CC.C=CCO[SiH2]C. The van der Waals surface area contributed by atoms with Crippen molar-refractivity contribution in [3.05, 3.63) is 25.3 Å². The monoisotopic (exact) mass is 144 g/mol. The minimum absolute atomic E-state index is 0.168. The normalized spacial score (nSPS) is 8.22. The first-order valence-electron chi connectivity index (χ1n) is 3.09. The van der Waals surface area contributed by atoms with E-state index in [0.717, 1.165) is 6.61 Å². The van der Waals surface area contributed by atoms with Crippen LogP contribution in [-0.2, 0) is 4.43 Å². The van der Waals surface area contributed by atoms with E-state index in [2.05, 4.69) is 19.7 Å². The van der Waals surface area contributed by atoms with Gasteiger partial charge in [-0.2, -0.15) is 0 Å². The standard InChI is InChI=1S/C4H10OSi.C3H6/c1-3-4-5-6-2;1-3-2/h3H,1,4,6H2,2H3;3H,1H2,2H3. The Hall–Kier alpha value is -0.343. The maximum atomic E-state index is 5.00. The Morgan fingerprint density at radius 1 is 1.56 bits per heavy atom. The molecule has 0 atom stereocenters. The van der Waals surface area contributed by atoms with Crippen LogP contribution in [0, 0.1) is 0 Å². The minimum atomic E-state index is -0.168. The van der Waals surface area contributed by atoms with Crippen molar-refractivity contribution >= 4 is 9.76 Å². The first-order valence-corrected chi connectivity index (χ1v) is 5.08. The zero-order chi connectivity index (χ0) is 7.54. The summed E-state index contributed by atoms with van der Waals surface area (Å²) in [5.41, 5.74) is 0. The molecule has 0 fully saturated rings. The fraction of sp³-hybridized carbons (Fsp3) is 0.429. The second-order valence-electron chi connectivity index (χ2n) is 1.36. The van der Waals surface area contributed by atoms with Gasteiger partial charge in [-0.3, -0.25) is 0 Å². The van der Waals surface area contributed by atoms with Gasteiger partial charge < -0.3 is 4.43 Å². The molecule has 0 aromatic rings. The molecule has 1 nitrogen and oxygen atoms in total. The van der Waals surface area contributed by atoms with E-state index in [-0.39, 0.29) is 9.76 Å². The average Bonchev–Trinajstić information content (AvgIpc) is 1.86. The zero-order valence-electron chi connectivity index (χ0n) is 6.39. The van der Waals surface area contributed by atoms with Crippen LogP contribution >= 0.6 is 0 Å². The molecule has 0 saturated heterocycles. The Labute approximate surface area is 60.4 Å². The number of hydrogen-bond acceptors (Lipinski definition) is 1. The molecule has 0 aliphatic rings. The maximum absolute atomic E-state index is 5.00. The second-order valence-corrected chi connectivity index (χ2v) is 2.34. The predicted molar refractivity (Wildman–Crippen MR) is 46.4 cm³/mol. The first-order chi connectivity index (χ1) is 4.33. The smallest absolute Gasteiger partial charge is 0.158 e. The minimum Gasteiger partial charge on any atom is -0.421 e. The summed E-state index contributed by atoms with van der Waals surface area (Å²) in [5, 5.41) is 0. The van der Waals surface area contributed by atoms with E-state index >= 15 is 0 Å². The van der Waals surface area contributed by atoms with E-state index in [9.17, 15) is 0 Å². The molecule has 9 heavy (non-hydrogen) atoms. The van der Waals surface area contributed by atoms with Crippen molar-refractivity contribution in [2.45, 2.75) is 13.5 Å². The lowest BCUT2D eigenvalue weighted by molar-refractivity contribution is 0.389. The maximum Gasteiger partial charge on any atom is 0.158 e. The molecule has 0 radical (unpaired) electrons. The molecule has 0 aromatic heterocycles. The fourth-order valence-corrected chi connectivity index (χ4v) is 0.604. The van der Waals surface area contributed by atoms with Crippen LogP contribution in [0.25, 0.3) is 0 Å². The van der Waals surface area contributed by atoms with Gasteiger partial charge in [-0.15, -0.1) is 13.2 Å². The third-order valence-corrected chi connectivity index (χ3v) is 1.08. The summed E-state index contributed by atoms with van der Waals surface area (Å²) in [6.07, 6.45) is 3.52. The van der Waals surface area contributed by atoms with Gasteiger partial charge in [0.1, 0.15) is 0 Å². The molecule has 54 valence electrons. The van der Waals surface area contributed by atoms with Crippen LogP contribution in [0.15, 0.2) is 25.3 Å². The molecule has 0 aliphatic heterocycles. The fourth-order valence-electron chi connectivity index (χ4n) is 0.201. The zero-order valence-corrected chi connectivity index (χ0v) is 7.81. The highest BCUT2D eigenvalue weighted by atomic mass is 28.2. The highest BCUT2D eigenvalue weighted by molar-refractivity contribution is 6.24. The van der Waals surface area contributed by atoms with Crippen molar-refractivity contribution in [2.75, 3.05) is 6.61 Å². The molecule has 0 rings (SSSR count). The summed E-state index contributed by atoms with van der Waals surface area (Å²) in [7, 11) is -0.168. The molecule has 0 unspecified atom stereocenters. The van der Waals surface area contributed by atoms with E-state index in [1.807, 2.05) is 6.92 Å². The van der Waals surface area contributed by atoms with Crippen molar-refractivity contribution < 1.29 is 4.43 Å². The Balaban J connectivity index is 0. The van der Waals surface area contributed by atoms with Crippen LogP contribution in [0.2, 0.25) is 6.55 Å². The van der Waals surface area contributed by atoms with Crippen molar-refractivity contribution in [1.82, 2.24) is 0 Å². The van der Waals surface area contributed by atoms with Gasteiger partial charge in [0.25, 0.3) is 0 Å². The van der Waals surface area contributed by atoms with Gasteiger partial charge in [-0.25, -0.2) is 0 Å². The number of hydrogen-bond donors (Lipinski definition) is 0. The van der Waals surface area contributed by atoms with Gasteiger partial charge >= 0.3 is 0 Å². The summed E-state index contributed by atoms with van der Waals surface area (Å²) in [4.78, 5) is 0. The van der Waals surface area contributed by atoms with Crippen LogP contribution in [0.3, 0.4) is 0 Å². The highest BCUT2D eigenvalue weighted by Crippen LogP contribution is 1.66. The number of rotatable bonds is 3. The van der Waals surface area contributed by atoms with Crippen LogP contribution in [0.5, 0.6) is 0 Å². The Morgan fingerprint density at radius 3 is 2.11 bits per heavy atom. The summed E-state index contributed by atoms with van der Waals surface area (Å²) in [5.74, 6) is 0.